The van der Waals surface area contributed by atoms with Gasteiger partial charge in [-0.25, -0.2) is 0 Å². The number of aromatic nitrogens is 15. The molecule has 0 aliphatic heterocycles. The lowest BCUT2D eigenvalue weighted by Gasteiger charge is -2.11. The van der Waals surface area contributed by atoms with Gasteiger partial charge in [0.1, 0.15) is 0 Å². The van der Waals surface area contributed by atoms with Gasteiger partial charge in [-0.15, -0.1) is 0 Å². The molecule has 10 aromatic heterocycles. The van der Waals surface area contributed by atoms with Gasteiger partial charge >= 0.3 is 0 Å². The topological polar surface area (TPSA) is 280 Å². The molecule has 2 atom stereocenters. The van der Waals surface area contributed by atoms with E-state index >= 15 is 0 Å². The van der Waals surface area contributed by atoms with Crippen molar-refractivity contribution in [2.24, 2.45) is 11.8 Å². The Morgan fingerprint density at radius 1 is 0.387 bits per heavy atom. The summed E-state index contributed by atoms with van der Waals surface area (Å²) in [6.07, 6.45) is 17.9. The van der Waals surface area contributed by atoms with Gasteiger partial charge in [-0.1, -0.05) is 147 Å². The predicted molar refractivity (Wildman–Crippen MR) is 432 cm³/mol. The smallest absolute Gasteiger partial charge is 0.258 e. The van der Waals surface area contributed by atoms with Crippen LogP contribution >= 0.6 is 15.9 Å². The molecule has 6 aromatic carbocycles. The summed E-state index contributed by atoms with van der Waals surface area (Å²) in [4.78, 5) is 41.7. The van der Waals surface area contributed by atoms with Gasteiger partial charge < -0.3 is 37.1 Å². The van der Waals surface area contributed by atoms with Gasteiger partial charge in [0.25, 0.3) is 17.7 Å². The summed E-state index contributed by atoms with van der Waals surface area (Å²) >= 11 is 3.46. The van der Waals surface area contributed by atoms with E-state index in [9.17, 15) is 0 Å². The van der Waals surface area contributed by atoms with Crippen LogP contribution in [0.2, 0.25) is 0 Å². The van der Waals surface area contributed by atoms with Crippen LogP contribution in [0.4, 0.5) is 0 Å². The summed E-state index contributed by atoms with van der Waals surface area (Å²) in [6, 6.07) is 56.2. The average Bonchev–Trinajstić information content (AvgIpc) is 1.73. The number of nitrogens with zero attached hydrogens (tertiary/aromatic N) is 14. The summed E-state index contributed by atoms with van der Waals surface area (Å²) < 4.78 is 39.4. The number of rotatable bonds is 20. The van der Waals surface area contributed by atoms with Crippen molar-refractivity contribution in [3.8, 4) is 103 Å². The Morgan fingerprint density at radius 3 is 1.34 bits per heavy atom. The largest absolute Gasteiger partial charge is 0.490 e. The average molecular weight is 1550 g/mol. The van der Waals surface area contributed by atoms with E-state index in [-0.39, 0.29) is 11.8 Å². The number of aryl methyl sites for hydroxylation is 4. The number of aromatic amines is 1. The molecular formula is C88H86BrN15O7. The van der Waals surface area contributed by atoms with Crippen molar-refractivity contribution in [2.45, 2.75) is 108 Å². The number of nitrogens with one attached hydrogen (secondary N) is 1. The fourth-order valence-electron chi connectivity index (χ4n) is 12.2. The molecule has 22 nitrogen and oxygen atoms in total. The maximum atomic E-state index is 5.67. The van der Waals surface area contributed by atoms with Crippen molar-refractivity contribution in [3.63, 3.8) is 0 Å². The molecule has 0 aliphatic rings. The van der Waals surface area contributed by atoms with E-state index in [1.807, 2.05) is 155 Å². The summed E-state index contributed by atoms with van der Waals surface area (Å²) in [5, 5.41) is 21.4. The van der Waals surface area contributed by atoms with E-state index in [1.54, 1.807) is 43.4 Å². The molecule has 0 fully saturated rings. The molecule has 0 bridgehead atoms. The first kappa shape index (κ1) is 77.8. The number of hydrogen-bond donors (Lipinski definition) is 1. The molecule has 23 heteroatoms. The summed E-state index contributed by atoms with van der Waals surface area (Å²) in [5.74, 6) is 8.52. The van der Waals surface area contributed by atoms with Gasteiger partial charge in [0, 0.05) is 116 Å². The van der Waals surface area contributed by atoms with Crippen LogP contribution in [-0.2, 0) is 12.8 Å². The van der Waals surface area contributed by atoms with Crippen LogP contribution in [-0.4, -0.2) is 88.8 Å². The molecule has 10 heterocycles. The highest BCUT2D eigenvalue weighted by molar-refractivity contribution is 9.10. The summed E-state index contributed by atoms with van der Waals surface area (Å²) in [6.45, 7) is 26.2. The molecule has 1 N–H and O–H groups in total. The molecule has 2 unspecified atom stereocenters. The Bertz CT molecular complexity index is 5440. The highest BCUT2D eigenvalue weighted by atomic mass is 79.9. The fourth-order valence-corrected chi connectivity index (χ4v) is 12.8. The number of halogens is 1. The predicted octanol–water partition coefficient (Wildman–Crippen LogP) is 21.2. The Morgan fingerprint density at radius 2 is 0.829 bits per heavy atom. The van der Waals surface area contributed by atoms with E-state index in [0.717, 1.165) is 83.9 Å². The molecular weight excluding hydrogens is 1460 g/mol. The van der Waals surface area contributed by atoms with Crippen LogP contribution < -0.4 is 9.47 Å². The van der Waals surface area contributed by atoms with Gasteiger partial charge in [0.15, 0.2) is 11.5 Å². The van der Waals surface area contributed by atoms with Crippen LogP contribution in [0.15, 0.2) is 253 Å². The lowest BCUT2D eigenvalue weighted by atomic mass is 9.97. The normalized spacial score (nSPS) is 11.5. The Balaban J connectivity index is 0.000000130. The third-order valence-corrected chi connectivity index (χ3v) is 18.1. The van der Waals surface area contributed by atoms with Gasteiger partial charge in [-0.3, -0.25) is 19.9 Å². The second-order valence-electron chi connectivity index (χ2n) is 27.4. The third kappa shape index (κ3) is 20.7. The first-order valence-corrected chi connectivity index (χ1v) is 37.5. The minimum absolute atomic E-state index is 0.0708. The molecule has 0 saturated heterocycles. The van der Waals surface area contributed by atoms with E-state index in [1.165, 1.54) is 33.4 Å². The molecule has 16 rings (SSSR count). The zero-order valence-electron chi connectivity index (χ0n) is 64.0. The van der Waals surface area contributed by atoms with Gasteiger partial charge in [0.05, 0.1) is 25.0 Å². The molecule has 0 saturated carbocycles. The van der Waals surface area contributed by atoms with Crippen LogP contribution in [0.5, 0.6) is 11.5 Å². The summed E-state index contributed by atoms with van der Waals surface area (Å²) in [7, 11) is 0. The zero-order chi connectivity index (χ0) is 77.8. The molecule has 16 aromatic rings. The second-order valence-corrected chi connectivity index (χ2v) is 28.3. The third-order valence-electron chi connectivity index (χ3n) is 17.6. The summed E-state index contributed by atoms with van der Waals surface area (Å²) in [5.41, 5.74) is 17.9. The Labute approximate surface area is 652 Å². The van der Waals surface area contributed by atoms with Crippen molar-refractivity contribution in [1.29, 1.82) is 0 Å². The molecule has 0 amide bonds. The van der Waals surface area contributed by atoms with Crippen molar-refractivity contribution in [2.75, 3.05) is 13.2 Å². The first-order valence-electron chi connectivity index (χ1n) is 36.7. The molecule has 562 valence electrons. The zero-order valence-corrected chi connectivity index (χ0v) is 65.6. The van der Waals surface area contributed by atoms with Crippen molar-refractivity contribution < 1.29 is 32.1 Å². The van der Waals surface area contributed by atoms with Crippen molar-refractivity contribution in [3.05, 3.63) is 286 Å². The monoisotopic (exact) mass is 1540 g/mol. The molecule has 111 heavy (non-hydrogen) atoms. The Hall–Kier alpha value is -12.8. The number of H-pyrrole nitrogens is 1. The standard InChI is InChI=1S/C20H19N3O3.C20H23N3O.C19H21N3O.C15H13N3O.C14H10BrN3O/c1-3-24-17-9-8-13(12-18(17)25-4-2)20-22-19(23-26-20)15-6-5-7-16-14(15)10-11-21-16;1-13(2)11-16-5-7-17(8-6-16)15(4)20-22-19(23-24-20)18-9-10-21-12-14(18)3;1-13(2)12-15-4-6-16(7-5-15)14(3)19-21-18(22-23-19)17-8-10-20-11-9-17;1-10-7-11(2)9-13(8-10)15-17-14(18-19-15)12-3-5-16-6-4-12;1-9-6-11(8-12(15)7-9)14-17-13(18-19-14)10-2-4-16-5-3-10/h5-12,21H,3-4H2,1-2H3;5-10,12-13,15H,11H2,1-4H3;4-11,13-14H,12H2,1-3H3;3-9H,1-2H3;2-8H,1H3. The lowest BCUT2D eigenvalue weighted by molar-refractivity contribution is 0.288. The van der Waals surface area contributed by atoms with Crippen LogP contribution in [0.3, 0.4) is 0 Å². The first-order chi connectivity index (χ1) is 53.9. The fraction of sp³-hybridized carbons (Fsp3) is 0.227. The SMILES string of the molecule is CC(C)Cc1ccc(C(C)c2nc(-c3ccncc3)no2)cc1.CCOc1ccc(-c2nc(-c3cccc4[nH]ccc34)no2)cc1OCC.Cc1cc(Br)cc(-c2nc(-c3ccncc3)no2)c1.Cc1cc(C)cc(-c2nc(-c3ccncc3)no2)c1.Cc1cnccc1-c1noc(C(C)c2ccc(CC(C)C)cc2)n1. The van der Waals surface area contributed by atoms with Crippen LogP contribution in [0.1, 0.15) is 124 Å². The van der Waals surface area contributed by atoms with E-state index < -0.39 is 0 Å². The van der Waals surface area contributed by atoms with Gasteiger partial charge in [-0.05, 0) is 217 Å². The van der Waals surface area contributed by atoms with Crippen LogP contribution in [0.25, 0.3) is 102 Å². The highest BCUT2D eigenvalue weighted by Crippen LogP contribution is 2.36. The van der Waals surface area contributed by atoms with E-state index in [4.69, 9.17) is 32.1 Å². The van der Waals surface area contributed by atoms with Crippen molar-refractivity contribution in [1.82, 2.24) is 75.6 Å². The second kappa shape index (κ2) is 37.4. The lowest BCUT2D eigenvalue weighted by Crippen LogP contribution is -1.98. The number of ether oxygens (including phenoxy) is 2. The van der Waals surface area contributed by atoms with Crippen molar-refractivity contribution >= 4 is 26.8 Å². The van der Waals surface area contributed by atoms with E-state index in [2.05, 4.69) is 202 Å². The maximum absolute atomic E-state index is 5.67. The number of pyridine rings is 4. The van der Waals surface area contributed by atoms with Gasteiger partial charge in [-0.2, -0.15) is 24.9 Å². The minimum Gasteiger partial charge on any atom is -0.490 e. The minimum atomic E-state index is 0.0708. The molecule has 0 radical (unpaired) electrons. The van der Waals surface area contributed by atoms with Gasteiger partial charge in [0.2, 0.25) is 40.9 Å². The maximum Gasteiger partial charge on any atom is 0.258 e. The van der Waals surface area contributed by atoms with Crippen LogP contribution in [0, 0.1) is 39.5 Å². The molecule has 0 aliphatic carbocycles. The molecule has 0 spiro atoms. The number of benzene rings is 6. The quantitative estimate of drug-likeness (QED) is 0.0742. The number of hydrogen-bond acceptors (Lipinski definition) is 21. The Kier molecular flexibility index (Phi) is 26.2. The van der Waals surface area contributed by atoms with E-state index in [0.29, 0.717) is 95.1 Å². The highest BCUT2D eigenvalue weighted by Gasteiger charge is 2.22. The number of fused-ring (bicyclic) bond motifs is 1.